The predicted octanol–water partition coefficient (Wildman–Crippen LogP) is 3.28. The van der Waals surface area contributed by atoms with E-state index in [1.54, 1.807) is 0 Å². The average molecular weight is 283 g/mol. The molecular formula is C16H21N5. The third-order valence-corrected chi connectivity index (χ3v) is 4.56. The van der Waals surface area contributed by atoms with Crippen LogP contribution in [0.25, 0.3) is 0 Å². The highest BCUT2D eigenvalue weighted by Crippen LogP contribution is 2.36. The van der Waals surface area contributed by atoms with E-state index >= 15 is 0 Å². The van der Waals surface area contributed by atoms with Gasteiger partial charge in [-0.25, -0.2) is 15.0 Å². The van der Waals surface area contributed by atoms with E-state index in [9.17, 15) is 0 Å². The van der Waals surface area contributed by atoms with Crippen molar-refractivity contribution in [1.29, 1.82) is 0 Å². The molecule has 0 bridgehead atoms. The Balaban J connectivity index is 1.44. The molecule has 0 aromatic carbocycles. The van der Waals surface area contributed by atoms with Gasteiger partial charge in [-0.15, -0.1) is 0 Å². The van der Waals surface area contributed by atoms with Crippen molar-refractivity contribution >= 4 is 5.95 Å². The van der Waals surface area contributed by atoms with Crippen molar-refractivity contribution in [3.8, 4) is 0 Å². The number of hydrogen-bond acceptors (Lipinski definition) is 4. The maximum atomic E-state index is 4.69. The quantitative estimate of drug-likeness (QED) is 0.915. The number of nitrogens with one attached hydrogen (secondary N) is 1. The van der Waals surface area contributed by atoms with Crippen molar-refractivity contribution in [1.82, 2.24) is 19.5 Å². The molecule has 2 heterocycles. The van der Waals surface area contributed by atoms with Crippen molar-refractivity contribution in [2.75, 3.05) is 5.32 Å². The fourth-order valence-electron chi connectivity index (χ4n) is 3.23. The van der Waals surface area contributed by atoms with Crippen molar-refractivity contribution in [2.45, 2.75) is 57.0 Å². The molecule has 110 valence electrons. The molecule has 2 aliphatic carbocycles. The van der Waals surface area contributed by atoms with E-state index in [0.717, 1.165) is 12.5 Å². The Bertz CT molecular complexity index is 611. The zero-order valence-electron chi connectivity index (χ0n) is 12.2. The van der Waals surface area contributed by atoms with Gasteiger partial charge in [-0.3, -0.25) is 0 Å². The van der Waals surface area contributed by atoms with E-state index in [2.05, 4.69) is 25.9 Å². The van der Waals surface area contributed by atoms with Crippen molar-refractivity contribution in [2.24, 2.45) is 0 Å². The van der Waals surface area contributed by atoms with Gasteiger partial charge in [0.05, 0.1) is 18.6 Å². The van der Waals surface area contributed by atoms with Crippen LogP contribution in [0, 0.1) is 0 Å². The Kier molecular flexibility index (Phi) is 3.33. The molecule has 5 heteroatoms. The lowest BCUT2D eigenvalue weighted by molar-refractivity contribution is 0.689. The minimum atomic E-state index is 0.630. The van der Waals surface area contributed by atoms with Gasteiger partial charge in [-0.2, -0.15) is 0 Å². The molecule has 0 atom stereocenters. The van der Waals surface area contributed by atoms with Crippen LogP contribution in [-0.2, 0) is 6.54 Å². The number of aromatic nitrogens is 4. The van der Waals surface area contributed by atoms with Gasteiger partial charge in [0.2, 0.25) is 5.95 Å². The van der Waals surface area contributed by atoms with Gasteiger partial charge in [0.25, 0.3) is 0 Å². The highest BCUT2D eigenvalue weighted by atomic mass is 15.1. The molecule has 2 fully saturated rings. The smallest absolute Gasteiger partial charge is 0.223 e. The summed E-state index contributed by atoms with van der Waals surface area (Å²) in [6, 6.07) is 2.73. The molecule has 0 aliphatic heterocycles. The van der Waals surface area contributed by atoms with Gasteiger partial charge in [0.15, 0.2) is 0 Å². The molecule has 2 aromatic rings. The van der Waals surface area contributed by atoms with Crippen molar-refractivity contribution < 1.29 is 0 Å². The molecule has 2 saturated carbocycles. The Morgan fingerprint density at radius 1 is 1.19 bits per heavy atom. The maximum Gasteiger partial charge on any atom is 0.223 e. The summed E-state index contributed by atoms with van der Waals surface area (Å²) < 4.78 is 2.27. The fourth-order valence-corrected chi connectivity index (χ4v) is 3.23. The molecule has 2 aromatic heterocycles. The van der Waals surface area contributed by atoms with Gasteiger partial charge < -0.3 is 9.88 Å². The average Bonchev–Trinajstić information content (AvgIpc) is 3.04. The van der Waals surface area contributed by atoms with Crippen LogP contribution in [0.2, 0.25) is 0 Å². The second-order valence-corrected chi connectivity index (χ2v) is 6.16. The first-order chi connectivity index (χ1) is 10.4. The van der Waals surface area contributed by atoms with E-state index in [4.69, 9.17) is 4.98 Å². The van der Waals surface area contributed by atoms with Crippen LogP contribution in [0.1, 0.15) is 61.9 Å². The Hall–Kier alpha value is -1.91. The van der Waals surface area contributed by atoms with Crippen LogP contribution in [-0.4, -0.2) is 19.5 Å². The van der Waals surface area contributed by atoms with Gasteiger partial charge in [-0.05, 0) is 31.7 Å². The van der Waals surface area contributed by atoms with E-state index in [-0.39, 0.29) is 0 Å². The Labute approximate surface area is 124 Å². The van der Waals surface area contributed by atoms with E-state index < -0.39 is 0 Å². The van der Waals surface area contributed by atoms with Crippen molar-refractivity contribution in [3.05, 3.63) is 36.2 Å². The normalized spacial score (nSPS) is 19.0. The summed E-state index contributed by atoms with van der Waals surface area (Å²) in [6.45, 7) is 0.741. The first-order valence-electron chi connectivity index (χ1n) is 7.97. The van der Waals surface area contributed by atoms with Gasteiger partial charge >= 0.3 is 0 Å². The van der Waals surface area contributed by atoms with Crippen LogP contribution >= 0.6 is 0 Å². The first kappa shape index (κ1) is 12.8. The molecule has 1 N–H and O–H groups in total. The standard InChI is InChI=1S/C16H21N5/c1-2-4-12(3-1)15-7-8-18-16(20-15)19-10-14-9-17-11-21(14)13-5-6-13/h7-9,11-13H,1-6,10H2,(H,18,19,20). The first-order valence-corrected chi connectivity index (χ1v) is 7.97. The second-order valence-electron chi connectivity index (χ2n) is 6.16. The van der Waals surface area contributed by atoms with Crippen molar-refractivity contribution in [3.63, 3.8) is 0 Å². The lowest BCUT2D eigenvalue weighted by Gasteiger charge is -2.11. The Morgan fingerprint density at radius 2 is 2.05 bits per heavy atom. The number of imidazole rings is 1. The maximum absolute atomic E-state index is 4.69. The van der Waals surface area contributed by atoms with Gasteiger partial charge in [-0.1, -0.05) is 12.8 Å². The lowest BCUT2D eigenvalue weighted by atomic mass is 10.0. The summed E-state index contributed by atoms with van der Waals surface area (Å²) in [5, 5.41) is 3.35. The number of anilines is 1. The molecule has 0 saturated heterocycles. The number of nitrogens with zero attached hydrogens (tertiary/aromatic N) is 4. The summed E-state index contributed by atoms with van der Waals surface area (Å²) in [7, 11) is 0. The SMILES string of the molecule is c1cc(C2CCCC2)nc(NCc2cncn2C2CC2)n1. The van der Waals surface area contributed by atoms with Crippen LogP contribution in [0.4, 0.5) is 5.95 Å². The molecule has 0 spiro atoms. The van der Waals surface area contributed by atoms with Crippen LogP contribution < -0.4 is 5.32 Å². The summed E-state index contributed by atoms with van der Waals surface area (Å²) in [5.74, 6) is 1.37. The monoisotopic (exact) mass is 283 g/mol. The molecular weight excluding hydrogens is 262 g/mol. The molecule has 5 nitrogen and oxygen atoms in total. The second kappa shape index (κ2) is 5.47. The molecule has 2 aliphatic rings. The number of hydrogen-bond donors (Lipinski definition) is 1. The van der Waals surface area contributed by atoms with Crippen LogP contribution in [0.5, 0.6) is 0 Å². The topological polar surface area (TPSA) is 55.6 Å². The summed E-state index contributed by atoms with van der Waals surface area (Å²) in [6.07, 6.45) is 13.5. The van der Waals surface area contributed by atoms with Crippen LogP contribution in [0.15, 0.2) is 24.8 Å². The largest absolute Gasteiger partial charge is 0.349 e. The molecule has 21 heavy (non-hydrogen) atoms. The third-order valence-electron chi connectivity index (χ3n) is 4.56. The minimum Gasteiger partial charge on any atom is -0.349 e. The van der Waals surface area contributed by atoms with E-state index in [1.165, 1.54) is 49.9 Å². The van der Waals surface area contributed by atoms with Gasteiger partial charge in [0.1, 0.15) is 0 Å². The van der Waals surface area contributed by atoms with Crippen LogP contribution in [0.3, 0.4) is 0 Å². The fraction of sp³-hybridized carbons (Fsp3) is 0.562. The predicted molar refractivity (Wildman–Crippen MR) is 81.1 cm³/mol. The highest BCUT2D eigenvalue weighted by Gasteiger charge is 2.25. The third kappa shape index (κ3) is 2.77. The van der Waals surface area contributed by atoms with Gasteiger partial charge in [0, 0.05) is 30.0 Å². The molecule has 0 radical (unpaired) electrons. The lowest BCUT2D eigenvalue weighted by Crippen LogP contribution is -2.09. The zero-order chi connectivity index (χ0) is 14.1. The molecule has 0 unspecified atom stereocenters. The van der Waals surface area contributed by atoms with E-state index in [1.807, 2.05) is 18.7 Å². The highest BCUT2D eigenvalue weighted by molar-refractivity contribution is 5.27. The molecule has 4 rings (SSSR count). The summed E-state index contributed by atoms with van der Waals surface area (Å²) in [4.78, 5) is 13.3. The summed E-state index contributed by atoms with van der Waals surface area (Å²) >= 11 is 0. The molecule has 0 amide bonds. The Morgan fingerprint density at radius 3 is 2.86 bits per heavy atom. The van der Waals surface area contributed by atoms with E-state index in [0.29, 0.717) is 12.0 Å². The minimum absolute atomic E-state index is 0.630. The number of rotatable bonds is 5. The summed E-state index contributed by atoms with van der Waals surface area (Å²) in [5.41, 5.74) is 2.41. The zero-order valence-corrected chi connectivity index (χ0v) is 12.2.